The molecule has 0 fully saturated rings. The molecule has 0 saturated heterocycles. The Morgan fingerprint density at radius 1 is 1.00 bits per heavy atom. The van der Waals surface area contributed by atoms with Crippen LogP contribution in [0, 0.1) is 5.92 Å². The van der Waals surface area contributed by atoms with E-state index in [1.54, 1.807) is 0 Å². The molecule has 0 saturated carbocycles. The van der Waals surface area contributed by atoms with Crippen LogP contribution < -0.4 is 5.32 Å². The maximum Gasteiger partial charge on any atom is 0.121 e. The number of nitrogens with one attached hydrogen (secondary N) is 1. The fourth-order valence-corrected chi connectivity index (χ4v) is 5.02. The van der Waals surface area contributed by atoms with Crippen molar-refractivity contribution < 1.29 is 5.11 Å². The lowest BCUT2D eigenvalue weighted by Gasteiger charge is -2.39. The van der Waals surface area contributed by atoms with E-state index in [9.17, 15) is 5.11 Å². The molecule has 0 amide bonds. The molecule has 0 radical (unpaired) electrons. The van der Waals surface area contributed by atoms with Crippen molar-refractivity contribution in [3.63, 3.8) is 0 Å². The minimum Gasteiger partial charge on any atom is -0.508 e. The van der Waals surface area contributed by atoms with Gasteiger partial charge < -0.3 is 10.4 Å². The second-order valence-corrected chi connectivity index (χ2v) is 8.16. The maximum atomic E-state index is 10.8. The number of phenolic OH excluding ortho intramolecular Hbond substituents is 1. The van der Waals surface area contributed by atoms with Crippen LogP contribution in [0.15, 0.2) is 66.7 Å². The predicted octanol–water partition coefficient (Wildman–Crippen LogP) is 6.50. The predicted molar refractivity (Wildman–Crippen MR) is 112 cm³/mol. The SMILES string of the molecule is CC(C)c1cccc2c1NC(c1c(O)ccc3ccccc13)C1CC=CC21. The lowest BCUT2D eigenvalue weighted by molar-refractivity contribution is 0.404. The molecule has 1 aliphatic carbocycles. The van der Waals surface area contributed by atoms with Gasteiger partial charge in [0.25, 0.3) is 0 Å². The topological polar surface area (TPSA) is 32.3 Å². The van der Waals surface area contributed by atoms with E-state index >= 15 is 0 Å². The van der Waals surface area contributed by atoms with Crippen LogP contribution in [0.3, 0.4) is 0 Å². The van der Waals surface area contributed by atoms with Crippen LogP contribution in [-0.4, -0.2) is 5.11 Å². The highest BCUT2D eigenvalue weighted by Crippen LogP contribution is 2.53. The van der Waals surface area contributed by atoms with Gasteiger partial charge in [0.05, 0.1) is 6.04 Å². The molecule has 3 unspecified atom stereocenters. The van der Waals surface area contributed by atoms with Crippen molar-refractivity contribution in [2.75, 3.05) is 5.32 Å². The first-order valence-corrected chi connectivity index (χ1v) is 9.91. The summed E-state index contributed by atoms with van der Waals surface area (Å²) < 4.78 is 0. The van der Waals surface area contributed by atoms with Gasteiger partial charge in [-0.1, -0.05) is 74.5 Å². The Balaban J connectivity index is 1.73. The molecule has 2 N–H and O–H groups in total. The van der Waals surface area contributed by atoms with E-state index in [0.29, 0.717) is 23.5 Å². The molecule has 5 rings (SSSR count). The van der Waals surface area contributed by atoms with Gasteiger partial charge in [0.2, 0.25) is 0 Å². The quantitative estimate of drug-likeness (QED) is 0.515. The number of fused-ring (bicyclic) bond motifs is 4. The van der Waals surface area contributed by atoms with Crippen LogP contribution in [0.25, 0.3) is 10.8 Å². The number of aromatic hydroxyl groups is 1. The first-order chi connectivity index (χ1) is 13.1. The van der Waals surface area contributed by atoms with Gasteiger partial charge >= 0.3 is 0 Å². The van der Waals surface area contributed by atoms with Gasteiger partial charge in [-0.15, -0.1) is 0 Å². The van der Waals surface area contributed by atoms with Crippen molar-refractivity contribution in [1.82, 2.24) is 0 Å². The summed E-state index contributed by atoms with van der Waals surface area (Å²) in [7, 11) is 0. The number of allylic oxidation sites excluding steroid dienone is 2. The standard InChI is InChI=1S/C25H25NO/c1-15(2)17-9-5-11-20-19-10-6-12-21(19)25(26-24(17)20)23-18-8-4-3-7-16(18)13-14-22(23)27/h3-11,13-15,19,21,25-27H,12H2,1-2H3. The highest BCUT2D eigenvalue weighted by molar-refractivity contribution is 5.89. The molecule has 3 atom stereocenters. The third kappa shape index (κ3) is 2.47. The summed E-state index contributed by atoms with van der Waals surface area (Å²) in [6.45, 7) is 4.50. The molecule has 3 aromatic rings. The minimum atomic E-state index is 0.100. The Morgan fingerprint density at radius 3 is 2.70 bits per heavy atom. The third-order valence-electron chi connectivity index (χ3n) is 6.31. The normalized spacial score (nSPS) is 23.3. The fourth-order valence-electron chi connectivity index (χ4n) is 5.02. The third-order valence-corrected chi connectivity index (χ3v) is 6.31. The number of hydrogen-bond donors (Lipinski definition) is 2. The van der Waals surface area contributed by atoms with Gasteiger partial charge in [0, 0.05) is 17.2 Å². The van der Waals surface area contributed by atoms with E-state index in [0.717, 1.165) is 17.4 Å². The second-order valence-electron chi connectivity index (χ2n) is 8.16. The number of rotatable bonds is 2. The van der Waals surface area contributed by atoms with Gasteiger partial charge in [-0.05, 0) is 46.2 Å². The Bertz CT molecular complexity index is 1050. The van der Waals surface area contributed by atoms with Gasteiger partial charge in [0.1, 0.15) is 5.75 Å². The van der Waals surface area contributed by atoms with Crippen molar-refractivity contribution in [1.29, 1.82) is 0 Å². The lowest BCUT2D eigenvalue weighted by Crippen LogP contribution is -2.30. The maximum absolute atomic E-state index is 10.8. The van der Waals surface area contributed by atoms with Crippen LogP contribution in [0.1, 0.15) is 54.8 Å². The first-order valence-electron chi connectivity index (χ1n) is 9.91. The van der Waals surface area contributed by atoms with E-state index in [2.05, 4.69) is 73.8 Å². The van der Waals surface area contributed by atoms with Crippen LogP contribution in [-0.2, 0) is 0 Å². The van der Waals surface area contributed by atoms with E-state index in [1.807, 2.05) is 12.1 Å². The first kappa shape index (κ1) is 16.4. The van der Waals surface area contributed by atoms with Crippen LogP contribution in [0.4, 0.5) is 5.69 Å². The van der Waals surface area contributed by atoms with Crippen molar-refractivity contribution in [2.24, 2.45) is 5.92 Å². The van der Waals surface area contributed by atoms with Gasteiger partial charge in [-0.25, -0.2) is 0 Å². The summed E-state index contributed by atoms with van der Waals surface area (Å²) in [6.07, 6.45) is 5.71. The molecule has 2 heteroatoms. The van der Waals surface area contributed by atoms with E-state index in [1.165, 1.54) is 22.2 Å². The molecule has 1 heterocycles. The van der Waals surface area contributed by atoms with Gasteiger partial charge in [-0.2, -0.15) is 0 Å². The van der Waals surface area contributed by atoms with Crippen molar-refractivity contribution in [3.8, 4) is 5.75 Å². The van der Waals surface area contributed by atoms with E-state index in [-0.39, 0.29) is 6.04 Å². The summed E-state index contributed by atoms with van der Waals surface area (Å²) in [5.74, 6) is 1.68. The van der Waals surface area contributed by atoms with Crippen LogP contribution in [0.2, 0.25) is 0 Å². The Kier molecular flexibility index (Phi) is 3.75. The summed E-state index contributed by atoms with van der Waals surface area (Å²) in [6, 6.07) is 19.0. The molecule has 2 aliphatic rings. The van der Waals surface area contributed by atoms with Gasteiger partial charge in [0.15, 0.2) is 0 Å². The summed E-state index contributed by atoms with van der Waals surface area (Å²) >= 11 is 0. The zero-order valence-corrected chi connectivity index (χ0v) is 15.8. The van der Waals surface area contributed by atoms with Crippen LogP contribution >= 0.6 is 0 Å². The van der Waals surface area contributed by atoms with E-state index in [4.69, 9.17) is 0 Å². The van der Waals surface area contributed by atoms with Gasteiger partial charge in [-0.3, -0.25) is 0 Å². The average molecular weight is 355 g/mol. The van der Waals surface area contributed by atoms with Crippen molar-refractivity contribution in [3.05, 3.63) is 83.4 Å². The molecular weight excluding hydrogens is 330 g/mol. The Hall–Kier alpha value is -2.74. The molecule has 27 heavy (non-hydrogen) atoms. The molecule has 0 bridgehead atoms. The molecule has 3 aromatic carbocycles. The molecule has 1 aliphatic heterocycles. The molecule has 136 valence electrons. The smallest absolute Gasteiger partial charge is 0.121 e. The second kappa shape index (κ2) is 6.16. The summed E-state index contributed by atoms with van der Waals surface area (Å²) in [5.41, 5.74) is 5.06. The van der Waals surface area contributed by atoms with Crippen molar-refractivity contribution in [2.45, 2.75) is 38.1 Å². The number of anilines is 1. The van der Waals surface area contributed by atoms with Crippen molar-refractivity contribution >= 4 is 16.5 Å². The van der Waals surface area contributed by atoms with Crippen LogP contribution in [0.5, 0.6) is 5.75 Å². The fraction of sp³-hybridized carbons (Fsp3) is 0.280. The zero-order valence-electron chi connectivity index (χ0n) is 15.8. The number of hydrogen-bond acceptors (Lipinski definition) is 2. The molecule has 2 nitrogen and oxygen atoms in total. The van der Waals surface area contributed by atoms with E-state index < -0.39 is 0 Å². The average Bonchev–Trinajstić information content (AvgIpc) is 3.17. The lowest BCUT2D eigenvalue weighted by atomic mass is 9.74. The summed E-state index contributed by atoms with van der Waals surface area (Å²) in [4.78, 5) is 0. The number of phenols is 1. The monoisotopic (exact) mass is 355 g/mol. The zero-order chi connectivity index (χ0) is 18.5. The Labute approximate surface area is 160 Å². The number of benzene rings is 3. The highest BCUT2D eigenvalue weighted by atomic mass is 16.3. The molecule has 0 aromatic heterocycles. The summed E-state index contributed by atoms with van der Waals surface area (Å²) in [5, 5.41) is 17.0. The Morgan fingerprint density at radius 2 is 1.85 bits per heavy atom. The number of para-hydroxylation sites is 1. The largest absolute Gasteiger partial charge is 0.508 e. The highest BCUT2D eigenvalue weighted by Gasteiger charge is 2.40. The molecular formula is C25H25NO. The molecule has 0 spiro atoms. The minimum absolute atomic E-state index is 0.100.